The number of rotatable bonds is 56. The Morgan fingerprint density at radius 1 is 0.262 bits per heavy atom. The third-order valence-electron chi connectivity index (χ3n) is 11.4. The summed E-state index contributed by atoms with van der Waals surface area (Å²) in [5, 5.41) is 32.4. The topological polar surface area (TPSA) is 258 Å². The van der Waals surface area contributed by atoms with E-state index in [9.17, 15) is 0 Å². The molecule has 0 bridgehead atoms. The highest BCUT2D eigenvalue weighted by Crippen LogP contribution is 1.94. The molecular formula is C45H112N20. The van der Waals surface area contributed by atoms with Crippen molar-refractivity contribution in [2.45, 2.75) is 33.1 Å². The first-order valence-electron chi connectivity index (χ1n) is 26.2. The molecule has 0 radical (unpaired) electrons. The molecule has 65 heavy (non-hydrogen) atoms. The molecule has 0 heterocycles. The summed E-state index contributed by atoms with van der Waals surface area (Å²) in [7, 11) is 1.99. The number of nitrogens with two attached hydrogens (primary N) is 5. The lowest BCUT2D eigenvalue weighted by Gasteiger charge is -2.26. The van der Waals surface area contributed by atoms with E-state index in [0.29, 0.717) is 32.7 Å². The Morgan fingerprint density at radius 3 is 0.938 bits per heavy atom. The molecule has 0 aliphatic heterocycles. The molecule has 0 amide bonds. The fourth-order valence-corrected chi connectivity index (χ4v) is 7.63. The van der Waals surface area contributed by atoms with Crippen LogP contribution in [0, 0.1) is 0 Å². The minimum absolute atomic E-state index is 0.663. The van der Waals surface area contributed by atoms with Crippen LogP contribution in [0.25, 0.3) is 0 Å². The average Bonchev–Trinajstić information content (AvgIpc) is 3.30. The number of hydrogen-bond acceptors (Lipinski definition) is 20. The fourth-order valence-electron chi connectivity index (χ4n) is 7.63. The lowest BCUT2D eigenvalue weighted by atomic mass is 10.3. The van der Waals surface area contributed by atoms with Crippen LogP contribution in [0.4, 0.5) is 0 Å². The van der Waals surface area contributed by atoms with Gasteiger partial charge in [0.25, 0.3) is 0 Å². The third kappa shape index (κ3) is 44.2. The molecule has 20 heteroatoms. The van der Waals surface area contributed by atoms with Gasteiger partial charge < -0.3 is 81.4 Å². The highest BCUT2D eigenvalue weighted by atomic mass is 15.2. The Morgan fingerprint density at radius 2 is 0.585 bits per heavy atom. The van der Waals surface area contributed by atoms with Crippen LogP contribution in [0.5, 0.6) is 0 Å². The van der Waals surface area contributed by atoms with Crippen LogP contribution in [0.15, 0.2) is 0 Å². The van der Waals surface area contributed by atoms with Gasteiger partial charge in [-0.05, 0) is 52.5 Å². The van der Waals surface area contributed by atoms with Gasteiger partial charge in [0.15, 0.2) is 0 Å². The molecular weight excluding hydrogens is 821 g/mol. The predicted molar refractivity (Wildman–Crippen MR) is 281 cm³/mol. The van der Waals surface area contributed by atoms with Gasteiger partial charge in [-0.1, -0.05) is 13.8 Å². The summed E-state index contributed by atoms with van der Waals surface area (Å²) in [5.41, 5.74) is 29.2. The van der Waals surface area contributed by atoms with Gasteiger partial charge in [0, 0.05) is 229 Å². The number of nitrogens with one attached hydrogen (secondary N) is 9. The lowest BCUT2D eigenvalue weighted by Crippen LogP contribution is -2.45. The van der Waals surface area contributed by atoms with Gasteiger partial charge in [0.05, 0.1) is 0 Å². The summed E-state index contributed by atoms with van der Waals surface area (Å²) in [4.78, 5) is 15.0. The fraction of sp³-hybridized carbons (Fsp3) is 1.00. The Hall–Kier alpha value is -0.800. The van der Waals surface area contributed by atoms with Crippen molar-refractivity contribution in [2.24, 2.45) is 28.7 Å². The minimum atomic E-state index is 0.663. The molecule has 0 aliphatic rings. The smallest absolute Gasteiger partial charge is 0.0480 e. The SMILES string of the molecule is CCCNCCN(CCNCCN)CCNCCN(CCNCCN(CCN)CCN)CCNCCN(CCCNCN(CCC)CCN)CCNCCN(CCN)CCNCCNC. The van der Waals surface area contributed by atoms with E-state index >= 15 is 0 Å². The predicted octanol–water partition coefficient (Wildman–Crippen LogP) is -5.30. The largest absolute Gasteiger partial charge is 0.329 e. The molecule has 0 aliphatic carbocycles. The first kappa shape index (κ1) is 64.2. The molecule has 20 nitrogen and oxygen atoms in total. The monoisotopic (exact) mass is 933 g/mol. The van der Waals surface area contributed by atoms with Crippen LogP contribution in [0.1, 0.15) is 33.1 Å². The van der Waals surface area contributed by atoms with Crippen LogP contribution in [-0.2, 0) is 0 Å². The van der Waals surface area contributed by atoms with E-state index in [2.05, 4.69) is 91.1 Å². The van der Waals surface area contributed by atoms with Gasteiger partial charge in [0.2, 0.25) is 0 Å². The Balaban J connectivity index is 5.18. The van der Waals surface area contributed by atoms with Crippen LogP contribution in [0.2, 0.25) is 0 Å². The molecule has 0 saturated carbocycles. The normalized spacial score (nSPS) is 12.3. The molecule has 0 aromatic heterocycles. The van der Waals surface area contributed by atoms with E-state index in [1.165, 1.54) is 0 Å². The Bertz CT molecular complexity index is 877. The molecule has 19 N–H and O–H groups in total. The van der Waals surface area contributed by atoms with E-state index in [1.54, 1.807) is 0 Å². The second-order valence-electron chi connectivity index (χ2n) is 17.1. The van der Waals surface area contributed by atoms with Gasteiger partial charge in [-0.2, -0.15) is 0 Å². The van der Waals surface area contributed by atoms with E-state index in [4.69, 9.17) is 28.7 Å². The molecule has 0 aromatic rings. The lowest BCUT2D eigenvalue weighted by molar-refractivity contribution is 0.238. The molecule has 0 aromatic carbocycles. The Labute approximate surface area is 400 Å². The van der Waals surface area contributed by atoms with Crippen LogP contribution < -0.4 is 76.5 Å². The number of likely N-dealkylation sites (N-methyl/N-ethyl adjacent to an activating group) is 1. The standard InChI is InChI=1S/C45H112N20/c1-4-12-52-17-39-63(40-18-53-14-7-46)41-26-58-27-44-64(43-25-57-22-36-61(30-8-47)31-9-48)42-24-56-21-35-60(29-6-13-59-45-65(28-5-2)33-11-50)34-20-55-23-38-62(32-10-49)37-19-54-16-15-51-3/h51-59H,4-50H2,1-3H3. The van der Waals surface area contributed by atoms with E-state index in [-0.39, 0.29) is 0 Å². The summed E-state index contributed by atoms with van der Waals surface area (Å²) >= 11 is 0. The molecule has 0 rings (SSSR count). The van der Waals surface area contributed by atoms with Gasteiger partial charge in [-0.3, -0.25) is 24.5 Å². The van der Waals surface area contributed by atoms with Crippen molar-refractivity contribution >= 4 is 0 Å². The zero-order valence-corrected chi connectivity index (χ0v) is 42.8. The van der Waals surface area contributed by atoms with Crippen molar-refractivity contribution in [3.8, 4) is 0 Å². The first-order chi connectivity index (χ1) is 32.0. The molecule has 0 atom stereocenters. The molecule has 392 valence electrons. The van der Waals surface area contributed by atoms with Crippen LogP contribution in [0.3, 0.4) is 0 Å². The molecule has 0 spiro atoms. The maximum Gasteiger partial charge on any atom is 0.0480 e. The summed E-state index contributed by atoms with van der Waals surface area (Å²) in [6.45, 7) is 41.5. The maximum atomic E-state index is 5.95. The van der Waals surface area contributed by atoms with Crippen molar-refractivity contribution in [1.29, 1.82) is 0 Å². The summed E-state index contributed by atoms with van der Waals surface area (Å²) < 4.78 is 0. The van der Waals surface area contributed by atoms with Gasteiger partial charge in [-0.25, -0.2) is 0 Å². The minimum Gasteiger partial charge on any atom is -0.329 e. The third-order valence-corrected chi connectivity index (χ3v) is 11.4. The van der Waals surface area contributed by atoms with Crippen molar-refractivity contribution < 1.29 is 0 Å². The quantitative estimate of drug-likeness (QED) is 0.0201. The van der Waals surface area contributed by atoms with Crippen LogP contribution in [-0.4, -0.2) is 292 Å². The second kappa shape index (κ2) is 52.6. The van der Waals surface area contributed by atoms with E-state index in [1.807, 2.05) is 7.05 Å². The summed E-state index contributed by atoms with van der Waals surface area (Å²) in [5.74, 6) is 0. The molecule has 0 saturated heterocycles. The van der Waals surface area contributed by atoms with Crippen LogP contribution >= 0.6 is 0 Å². The maximum absolute atomic E-state index is 5.95. The highest BCUT2D eigenvalue weighted by Gasteiger charge is 2.10. The first-order valence-corrected chi connectivity index (χ1v) is 26.2. The van der Waals surface area contributed by atoms with Crippen molar-refractivity contribution in [3.05, 3.63) is 0 Å². The second-order valence-corrected chi connectivity index (χ2v) is 17.1. The van der Waals surface area contributed by atoms with E-state index in [0.717, 1.165) is 242 Å². The molecule has 0 fully saturated rings. The van der Waals surface area contributed by atoms with Crippen molar-refractivity contribution in [2.75, 3.05) is 262 Å². The number of hydrogen-bond donors (Lipinski definition) is 14. The van der Waals surface area contributed by atoms with Gasteiger partial charge in [-0.15, -0.1) is 0 Å². The van der Waals surface area contributed by atoms with Gasteiger partial charge in [0.1, 0.15) is 0 Å². The number of nitrogens with zero attached hydrogens (tertiary/aromatic N) is 6. The highest BCUT2D eigenvalue weighted by molar-refractivity contribution is 4.71. The van der Waals surface area contributed by atoms with Gasteiger partial charge >= 0.3 is 0 Å². The zero-order chi connectivity index (χ0) is 47.5. The summed E-state index contributed by atoms with van der Waals surface area (Å²) in [6.07, 6.45) is 3.43. The van der Waals surface area contributed by atoms with E-state index < -0.39 is 0 Å². The van der Waals surface area contributed by atoms with Crippen molar-refractivity contribution in [1.82, 2.24) is 77.3 Å². The Kier molecular flexibility index (Phi) is 51.9. The summed E-state index contributed by atoms with van der Waals surface area (Å²) in [6, 6.07) is 0. The molecule has 0 unspecified atom stereocenters. The average molecular weight is 934 g/mol. The van der Waals surface area contributed by atoms with Crippen molar-refractivity contribution in [3.63, 3.8) is 0 Å². The zero-order valence-electron chi connectivity index (χ0n) is 42.8.